The van der Waals surface area contributed by atoms with Gasteiger partial charge in [-0.1, -0.05) is 18.2 Å². The summed E-state index contributed by atoms with van der Waals surface area (Å²) in [6, 6.07) is 7.54. The zero-order valence-corrected chi connectivity index (χ0v) is 12.2. The molecule has 4 nitrogen and oxygen atoms in total. The molecule has 0 bridgehead atoms. The minimum absolute atomic E-state index is 0.0667. The number of benzene rings is 1. The van der Waals surface area contributed by atoms with Gasteiger partial charge in [0, 0.05) is 25.6 Å². The van der Waals surface area contributed by atoms with Crippen molar-refractivity contribution in [2.75, 3.05) is 25.2 Å². The second-order valence-electron chi connectivity index (χ2n) is 5.22. The Morgan fingerprint density at radius 2 is 2.05 bits per heavy atom. The minimum Gasteiger partial charge on any atom is -0.382 e. The van der Waals surface area contributed by atoms with Gasteiger partial charge in [-0.15, -0.1) is 0 Å². The first-order valence-electron chi connectivity index (χ1n) is 6.52. The summed E-state index contributed by atoms with van der Waals surface area (Å²) in [6.07, 6.45) is 3.92. The first kappa shape index (κ1) is 14.3. The number of rotatable bonds is 7. The zero-order chi connectivity index (χ0) is 13.9. The van der Waals surface area contributed by atoms with Crippen molar-refractivity contribution in [1.82, 2.24) is 0 Å². The van der Waals surface area contributed by atoms with Gasteiger partial charge in [0.15, 0.2) is 9.84 Å². The zero-order valence-electron chi connectivity index (χ0n) is 11.4. The lowest BCUT2D eigenvalue weighted by atomic mass is 10.2. The van der Waals surface area contributed by atoms with Crippen LogP contribution in [-0.4, -0.2) is 34.4 Å². The van der Waals surface area contributed by atoms with Crippen LogP contribution in [0.5, 0.6) is 0 Å². The smallest absolute Gasteiger partial charge is 0.151 e. The van der Waals surface area contributed by atoms with E-state index in [-0.39, 0.29) is 11.9 Å². The summed E-state index contributed by atoms with van der Waals surface area (Å²) in [7, 11) is -1.29. The first-order valence-corrected chi connectivity index (χ1v) is 8.58. The number of sulfone groups is 1. The van der Waals surface area contributed by atoms with Gasteiger partial charge in [-0.2, -0.15) is 0 Å². The summed E-state index contributed by atoms with van der Waals surface area (Å²) in [5.41, 5.74) is 1.70. The summed E-state index contributed by atoms with van der Waals surface area (Å²) in [5.74, 6) is 0.719. The molecule has 1 aromatic rings. The van der Waals surface area contributed by atoms with E-state index in [2.05, 4.69) is 5.32 Å². The standard InChI is InChI=1S/C14H21NO3S/c1-18-14(11-7-8-11)9-15-13-6-4-3-5-12(13)10-19(2,16)17/h3-6,11,14-15H,7-10H2,1-2H3. The summed E-state index contributed by atoms with van der Waals surface area (Å²) >= 11 is 0. The van der Waals surface area contributed by atoms with Crippen LogP contribution in [-0.2, 0) is 20.3 Å². The van der Waals surface area contributed by atoms with E-state index in [4.69, 9.17) is 4.74 Å². The maximum Gasteiger partial charge on any atom is 0.151 e. The number of nitrogens with one attached hydrogen (secondary N) is 1. The van der Waals surface area contributed by atoms with E-state index >= 15 is 0 Å². The molecule has 0 radical (unpaired) electrons. The average molecular weight is 283 g/mol. The Hall–Kier alpha value is -1.07. The van der Waals surface area contributed by atoms with Crippen molar-refractivity contribution in [3.05, 3.63) is 29.8 Å². The van der Waals surface area contributed by atoms with E-state index < -0.39 is 9.84 Å². The number of hydrogen-bond donors (Lipinski definition) is 1. The molecule has 106 valence electrons. The fraction of sp³-hybridized carbons (Fsp3) is 0.571. The van der Waals surface area contributed by atoms with Gasteiger partial charge in [-0.3, -0.25) is 0 Å². The molecule has 0 amide bonds. The fourth-order valence-corrected chi connectivity index (χ4v) is 3.04. The second-order valence-corrected chi connectivity index (χ2v) is 7.36. The van der Waals surface area contributed by atoms with Crippen LogP contribution in [0.3, 0.4) is 0 Å². The highest BCUT2D eigenvalue weighted by atomic mass is 32.2. The Labute approximate surface area is 115 Å². The minimum atomic E-state index is -3.02. The van der Waals surface area contributed by atoms with Gasteiger partial charge >= 0.3 is 0 Å². The van der Waals surface area contributed by atoms with Crippen molar-refractivity contribution >= 4 is 15.5 Å². The van der Waals surface area contributed by atoms with E-state index in [0.717, 1.165) is 17.8 Å². The number of para-hydroxylation sites is 1. The van der Waals surface area contributed by atoms with E-state index in [1.54, 1.807) is 7.11 Å². The van der Waals surface area contributed by atoms with Crippen LogP contribution in [0.4, 0.5) is 5.69 Å². The lowest BCUT2D eigenvalue weighted by Crippen LogP contribution is -2.24. The third-order valence-electron chi connectivity index (χ3n) is 3.38. The molecule has 2 rings (SSSR count). The molecule has 1 aliphatic carbocycles. The Balaban J connectivity index is 2.02. The van der Waals surface area contributed by atoms with E-state index in [1.807, 2.05) is 24.3 Å². The monoisotopic (exact) mass is 283 g/mol. The molecular formula is C14H21NO3S. The van der Waals surface area contributed by atoms with Crippen LogP contribution in [0.15, 0.2) is 24.3 Å². The molecule has 1 aromatic carbocycles. The quantitative estimate of drug-likeness (QED) is 0.832. The van der Waals surface area contributed by atoms with E-state index in [1.165, 1.54) is 19.1 Å². The molecular weight excluding hydrogens is 262 g/mol. The summed E-state index contributed by atoms with van der Waals surface area (Å²) < 4.78 is 28.3. The summed E-state index contributed by atoms with van der Waals surface area (Å²) in [6.45, 7) is 0.724. The van der Waals surface area contributed by atoms with Crippen molar-refractivity contribution in [1.29, 1.82) is 0 Å². The van der Waals surface area contributed by atoms with E-state index in [0.29, 0.717) is 5.92 Å². The largest absolute Gasteiger partial charge is 0.382 e. The summed E-state index contributed by atoms with van der Waals surface area (Å²) in [4.78, 5) is 0. The molecule has 0 aromatic heterocycles. The van der Waals surface area contributed by atoms with Crippen LogP contribution in [0.1, 0.15) is 18.4 Å². The molecule has 1 fully saturated rings. The van der Waals surface area contributed by atoms with Gasteiger partial charge < -0.3 is 10.1 Å². The topological polar surface area (TPSA) is 55.4 Å². The van der Waals surface area contributed by atoms with Gasteiger partial charge in [0.2, 0.25) is 0 Å². The number of anilines is 1. The Bertz CT molecular complexity index is 523. The third kappa shape index (κ3) is 4.51. The molecule has 1 unspecified atom stereocenters. The highest BCUT2D eigenvalue weighted by Gasteiger charge is 2.31. The molecule has 0 spiro atoms. The van der Waals surface area contributed by atoms with Crippen molar-refractivity contribution in [3.8, 4) is 0 Å². The van der Waals surface area contributed by atoms with Crippen LogP contribution in [0.25, 0.3) is 0 Å². The maximum atomic E-state index is 11.4. The SMILES string of the molecule is COC(CNc1ccccc1CS(C)(=O)=O)C1CC1. The van der Waals surface area contributed by atoms with Crippen molar-refractivity contribution < 1.29 is 13.2 Å². The molecule has 1 N–H and O–H groups in total. The Morgan fingerprint density at radius 1 is 1.37 bits per heavy atom. The normalized spacial score (nSPS) is 17.2. The van der Waals surface area contributed by atoms with Crippen LogP contribution < -0.4 is 5.32 Å². The number of methoxy groups -OCH3 is 1. The van der Waals surface area contributed by atoms with Crippen molar-refractivity contribution in [2.45, 2.75) is 24.7 Å². The number of ether oxygens (including phenoxy) is 1. The lowest BCUT2D eigenvalue weighted by molar-refractivity contribution is 0.0950. The second kappa shape index (κ2) is 5.92. The first-order chi connectivity index (χ1) is 8.99. The molecule has 0 saturated heterocycles. The summed E-state index contributed by atoms with van der Waals surface area (Å²) in [5, 5.41) is 3.32. The molecule has 1 saturated carbocycles. The Morgan fingerprint density at radius 3 is 2.63 bits per heavy atom. The molecule has 1 atom stereocenters. The molecule has 0 heterocycles. The van der Waals surface area contributed by atoms with Gasteiger partial charge in [0.1, 0.15) is 0 Å². The van der Waals surface area contributed by atoms with Gasteiger partial charge in [0.05, 0.1) is 11.9 Å². The molecule has 1 aliphatic rings. The average Bonchev–Trinajstić information content (AvgIpc) is 3.14. The highest BCUT2D eigenvalue weighted by Crippen LogP contribution is 2.34. The molecule has 0 aliphatic heterocycles. The van der Waals surface area contributed by atoms with Crippen LogP contribution in [0, 0.1) is 5.92 Å². The predicted octanol–water partition coefficient (Wildman–Crippen LogP) is 2.07. The van der Waals surface area contributed by atoms with Crippen molar-refractivity contribution in [3.63, 3.8) is 0 Å². The van der Waals surface area contributed by atoms with Crippen LogP contribution >= 0.6 is 0 Å². The molecule has 19 heavy (non-hydrogen) atoms. The lowest BCUT2D eigenvalue weighted by Gasteiger charge is -2.17. The van der Waals surface area contributed by atoms with Gasteiger partial charge in [0.25, 0.3) is 0 Å². The highest BCUT2D eigenvalue weighted by molar-refractivity contribution is 7.89. The maximum absolute atomic E-state index is 11.4. The predicted molar refractivity (Wildman–Crippen MR) is 77.0 cm³/mol. The molecule has 5 heteroatoms. The van der Waals surface area contributed by atoms with Gasteiger partial charge in [-0.05, 0) is 30.4 Å². The van der Waals surface area contributed by atoms with E-state index in [9.17, 15) is 8.42 Å². The third-order valence-corrected chi connectivity index (χ3v) is 4.21. The Kier molecular flexibility index (Phi) is 4.47. The van der Waals surface area contributed by atoms with Gasteiger partial charge in [-0.25, -0.2) is 8.42 Å². The fourth-order valence-electron chi connectivity index (χ4n) is 2.22. The van der Waals surface area contributed by atoms with Crippen LogP contribution in [0.2, 0.25) is 0 Å². The van der Waals surface area contributed by atoms with Crippen molar-refractivity contribution in [2.24, 2.45) is 5.92 Å². The number of hydrogen-bond acceptors (Lipinski definition) is 4.